The van der Waals surface area contributed by atoms with Crippen LogP contribution < -0.4 is 10.6 Å². The second-order valence-corrected chi connectivity index (χ2v) is 7.39. The van der Waals surface area contributed by atoms with Crippen molar-refractivity contribution in [3.8, 4) is 0 Å². The molecule has 6 heteroatoms. The molecule has 0 spiro atoms. The van der Waals surface area contributed by atoms with Crippen LogP contribution in [0.25, 0.3) is 0 Å². The second kappa shape index (κ2) is 10.2. The van der Waals surface area contributed by atoms with Crippen LogP contribution in [0.5, 0.6) is 0 Å². The predicted molar refractivity (Wildman–Crippen MR) is 103 cm³/mol. The fourth-order valence-corrected chi connectivity index (χ4v) is 3.78. The molecule has 1 aromatic rings. The Kier molecular flexibility index (Phi) is 7.40. The summed E-state index contributed by atoms with van der Waals surface area (Å²) in [7, 11) is 0. The van der Waals surface area contributed by atoms with E-state index in [4.69, 9.17) is 4.42 Å². The second-order valence-electron chi connectivity index (χ2n) is 7.39. The van der Waals surface area contributed by atoms with Gasteiger partial charge in [-0.3, -0.25) is 4.79 Å². The van der Waals surface area contributed by atoms with Crippen LogP contribution in [-0.4, -0.2) is 49.5 Å². The zero-order valence-electron chi connectivity index (χ0n) is 15.7. The topological polar surface area (TPSA) is 69.9 Å². The molecule has 2 heterocycles. The van der Waals surface area contributed by atoms with E-state index in [-0.39, 0.29) is 12.5 Å². The molecule has 0 atom stereocenters. The summed E-state index contributed by atoms with van der Waals surface area (Å²) < 4.78 is 5.38. The molecule has 3 rings (SSSR count). The van der Waals surface area contributed by atoms with Gasteiger partial charge in [-0.25, -0.2) is 4.99 Å². The largest absolute Gasteiger partial charge is 0.469 e. The van der Waals surface area contributed by atoms with Crippen molar-refractivity contribution in [2.24, 2.45) is 10.9 Å². The molecule has 2 N–H and O–H groups in total. The summed E-state index contributed by atoms with van der Waals surface area (Å²) in [4.78, 5) is 18.7. The van der Waals surface area contributed by atoms with Gasteiger partial charge in [0.25, 0.3) is 0 Å². The van der Waals surface area contributed by atoms with E-state index in [2.05, 4.69) is 15.6 Å². The summed E-state index contributed by atoms with van der Waals surface area (Å²) >= 11 is 0. The van der Waals surface area contributed by atoms with Crippen molar-refractivity contribution in [1.82, 2.24) is 15.5 Å². The van der Waals surface area contributed by atoms with E-state index in [1.165, 1.54) is 32.1 Å². The Hall–Kier alpha value is -1.98. The van der Waals surface area contributed by atoms with Crippen LogP contribution in [-0.2, 0) is 11.2 Å². The van der Waals surface area contributed by atoms with Gasteiger partial charge in [0, 0.05) is 32.6 Å². The normalized spacial score (nSPS) is 18.9. The average molecular weight is 361 g/mol. The first-order valence-electron chi connectivity index (χ1n) is 10.1. The molecule has 0 radical (unpaired) electrons. The minimum atomic E-state index is 0.132. The van der Waals surface area contributed by atoms with Gasteiger partial charge >= 0.3 is 0 Å². The molecular formula is C20H32N4O2. The molecule has 1 aliphatic heterocycles. The minimum absolute atomic E-state index is 0.132. The highest BCUT2D eigenvalue weighted by molar-refractivity contribution is 5.85. The third-order valence-electron chi connectivity index (χ3n) is 5.36. The van der Waals surface area contributed by atoms with E-state index in [9.17, 15) is 4.79 Å². The maximum Gasteiger partial charge on any atom is 0.244 e. The fourth-order valence-electron chi connectivity index (χ4n) is 3.78. The molecule has 26 heavy (non-hydrogen) atoms. The molecular weight excluding hydrogens is 328 g/mol. The number of carbonyl (C=O) groups excluding carboxylic acids is 1. The van der Waals surface area contributed by atoms with Crippen LogP contribution in [0.3, 0.4) is 0 Å². The van der Waals surface area contributed by atoms with Gasteiger partial charge in [0.15, 0.2) is 5.96 Å². The minimum Gasteiger partial charge on any atom is -0.469 e. The first-order valence-corrected chi connectivity index (χ1v) is 10.1. The van der Waals surface area contributed by atoms with Gasteiger partial charge in [0.05, 0.1) is 6.26 Å². The summed E-state index contributed by atoms with van der Waals surface area (Å²) in [6.07, 6.45) is 11.3. The lowest BCUT2D eigenvalue weighted by molar-refractivity contribution is -0.128. The van der Waals surface area contributed by atoms with Crippen LogP contribution in [0.15, 0.2) is 27.8 Å². The fraction of sp³-hybridized carbons (Fsp3) is 0.700. The van der Waals surface area contributed by atoms with Gasteiger partial charge in [0.1, 0.15) is 12.3 Å². The lowest BCUT2D eigenvalue weighted by Gasteiger charge is -2.23. The van der Waals surface area contributed by atoms with E-state index >= 15 is 0 Å². The van der Waals surface area contributed by atoms with Crippen LogP contribution in [0.2, 0.25) is 0 Å². The van der Waals surface area contributed by atoms with Crippen molar-refractivity contribution in [2.45, 2.75) is 51.4 Å². The zero-order chi connectivity index (χ0) is 18.0. The summed E-state index contributed by atoms with van der Waals surface area (Å²) in [6.45, 7) is 3.66. The van der Waals surface area contributed by atoms with E-state index in [0.29, 0.717) is 0 Å². The highest BCUT2D eigenvalue weighted by Gasteiger charge is 2.18. The molecule has 1 saturated heterocycles. The number of guanidine groups is 1. The number of nitrogens with one attached hydrogen (secondary N) is 2. The smallest absolute Gasteiger partial charge is 0.244 e. The van der Waals surface area contributed by atoms with E-state index < -0.39 is 0 Å². The predicted octanol–water partition coefficient (Wildman–Crippen LogP) is 2.56. The summed E-state index contributed by atoms with van der Waals surface area (Å²) in [5.41, 5.74) is 0. The molecule has 6 nitrogen and oxygen atoms in total. The Bertz CT molecular complexity index is 558. The number of hydrogen-bond donors (Lipinski definition) is 2. The van der Waals surface area contributed by atoms with E-state index in [0.717, 1.165) is 63.1 Å². The number of aliphatic imine (C=N–C) groups is 1. The quantitative estimate of drug-likeness (QED) is 0.579. The first-order chi connectivity index (χ1) is 12.8. The van der Waals surface area contributed by atoms with Gasteiger partial charge in [-0.2, -0.15) is 0 Å². The Morgan fingerprint density at radius 2 is 1.96 bits per heavy atom. The first kappa shape index (κ1) is 18.8. The summed E-state index contributed by atoms with van der Waals surface area (Å²) in [5, 5.41) is 6.80. The standard InChI is InChI=1S/C20H32N4O2/c25-19(24-12-4-5-13-24)16-23-20(21-11-10-18-9-6-14-26-18)22-15-17-7-2-1-3-8-17/h6,9,14,17H,1-5,7-8,10-13,15-16H2,(H2,21,22,23). The van der Waals surface area contributed by atoms with Crippen molar-refractivity contribution < 1.29 is 9.21 Å². The van der Waals surface area contributed by atoms with Crippen molar-refractivity contribution in [1.29, 1.82) is 0 Å². The molecule has 1 aliphatic carbocycles. The Morgan fingerprint density at radius 1 is 1.15 bits per heavy atom. The zero-order valence-corrected chi connectivity index (χ0v) is 15.7. The molecule has 1 amide bonds. The van der Waals surface area contributed by atoms with Crippen molar-refractivity contribution in [3.63, 3.8) is 0 Å². The molecule has 0 unspecified atom stereocenters. The number of furan rings is 1. The Labute approximate surface area is 156 Å². The summed E-state index contributed by atoms with van der Waals surface area (Å²) in [6, 6.07) is 3.88. The third-order valence-corrected chi connectivity index (χ3v) is 5.36. The monoisotopic (exact) mass is 360 g/mol. The SMILES string of the molecule is O=C(CN=C(NCCc1ccco1)NCC1CCCCC1)N1CCCC1. The van der Waals surface area contributed by atoms with Crippen LogP contribution in [0.4, 0.5) is 0 Å². The average Bonchev–Trinajstić information content (AvgIpc) is 3.38. The number of hydrogen-bond acceptors (Lipinski definition) is 3. The van der Waals surface area contributed by atoms with Crippen LogP contribution in [0.1, 0.15) is 50.7 Å². The maximum atomic E-state index is 12.3. The van der Waals surface area contributed by atoms with Gasteiger partial charge in [-0.1, -0.05) is 19.3 Å². The van der Waals surface area contributed by atoms with Gasteiger partial charge in [-0.05, 0) is 43.7 Å². The molecule has 2 aliphatic rings. The Morgan fingerprint density at radius 3 is 2.69 bits per heavy atom. The number of rotatable bonds is 7. The lowest BCUT2D eigenvalue weighted by atomic mass is 9.89. The van der Waals surface area contributed by atoms with Gasteiger partial charge < -0.3 is 20.0 Å². The van der Waals surface area contributed by atoms with Gasteiger partial charge in [-0.15, -0.1) is 0 Å². The Balaban J connectivity index is 1.48. The number of carbonyl (C=O) groups is 1. The molecule has 0 aromatic carbocycles. The maximum absolute atomic E-state index is 12.3. The number of nitrogens with zero attached hydrogens (tertiary/aromatic N) is 2. The summed E-state index contributed by atoms with van der Waals surface area (Å²) in [5.74, 6) is 2.55. The number of likely N-dealkylation sites (tertiary alicyclic amines) is 1. The highest BCUT2D eigenvalue weighted by Crippen LogP contribution is 2.22. The van der Waals surface area contributed by atoms with Gasteiger partial charge in [0.2, 0.25) is 5.91 Å². The molecule has 2 fully saturated rings. The van der Waals surface area contributed by atoms with Crippen molar-refractivity contribution >= 4 is 11.9 Å². The van der Waals surface area contributed by atoms with Crippen LogP contribution >= 0.6 is 0 Å². The number of amides is 1. The molecule has 1 aromatic heterocycles. The lowest BCUT2D eigenvalue weighted by Crippen LogP contribution is -2.42. The van der Waals surface area contributed by atoms with Crippen molar-refractivity contribution in [2.75, 3.05) is 32.7 Å². The van der Waals surface area contributed by atoms with Crippen molar-refractivity contribution in [3.05, 3.63) is 24.2 Å². The van der Waals surface area contributed by atoms with Crippen LogP contribution in [0, 0.1) is 5.92 Å². The molecule has 1 saturated carbocycles. The van der Waals surface area contributed by atoms with E-state index in [1.54, 1.807) is 6.26 Å². The van der Waals surface area contributed by atoms with E-state index in [1.807, 2.05) is 17.0 Å². The third kappa shape index (κ3) is 6.07. The molecule has 0 bridgehead atoms. The molecule has 144 valence electrons. The highest BCUT2D eigenvalue weighted by atomic mass is 16.3.